The molecular weight excluding hydrogens is 246 g/mol. The van der Waals surface area contributed by atoms with Gasteiger partial charge in [-0.05, 0) is 43.2 Å². The van der Waals surface area contributed by atoms with E-state index < -0.39 is 0 Å². The summed E-state index contributed by atoms with van der Waals surface area (Å²) < 4.78 is 8.47. The van der Waals surface area contributed by atoms with Gasteiger partial charge in [-0.3, -0.25) is 0 Å². The predicted molar refractivity (Wildman–Crippen MR) is 82.1 cm³/mol. The number of hydrogen-bond acceptors (Lipinski definition) is 1. The smallest absolute Gasteiger partial charge is 0.0607 e. The van der Waals surface area contributed by atoms with Crippen LogP contribution in [0.4, 0.5) is 0 Å². The molecule has 0 N–H and O–H groups in total. The summed E-state index contributed by atoms with van der Waals surface area (Å²) in [4.78, 5) is 0. The van der Waals surface area contributed by atoms with Crippen LogP contribution in [0.15, 0.2) is 24.3 Å². The molecule has 2 heteroatoms. The van der Waals surface area contributed by atoms with Gasteiger partial charge in [-0.15, -0.1) is 0 Å². The second-order valence-corrected chi connectivity index (χ2v) is 6.36. The highest BCUT2D eigenvalue weighted by atomic mass is 16.5. The van der Waals surface area contributed by atoms with E-state index in [1.165, 1.54) is 30.2 Å². The monoisotopic (exact) mass is 269 g/mol. The first-order valence-corrected chi connectivity index (χ1v) is 7.99. The van der Waals surface area contributed by atoms with Gasteiger partial charge in [0.15, 0.2) is 0 Å². The van der Waals surface area contributed by atoms with Crippen molar-refractivity contribution in [1.29, 1.82) is 0 Å². The number of aromatic nitrogens is 1. The maximum Gasteiger partial charge on any atom is 0.0607 e. The topological polar surface area (TPSA) is 14.2 Å². The fraction of sp³-hybridized carbons (Fsp3) is 0.556. The molecular formula is C18H23NO. The van der Waals surface area contributed by atoms with Crippen LogP contribution in [-0.2, 0) is 18.2 Å². The fourth-order valence-corrected chi connectivity index (χ4v) is 4.63. The first-order valence-electron chi connectivity index (χ1n) is 7.99. The molecule has 0 bridgehead atoms. The molecule has 2 heterocycles. The zero-order valence-electron chi connectivity index (χ0n) is 12.4. The number of aryl methyl sites for hydroxylation is 2. The van der Waals surface area contributed by atoms with E-state index in [2.05, 4.69) is 42.8 Å². The molecule has 3 atom stereocenters. The number of benzene rings is 1. The molecule has 1 fully saturated rings. The highest BCUT2D eigenvalue weighted by molar-refractivity contribution is 5.86. The minimum absolute atomic E-state index is 0.472. The van der Waals surface area contributed by atoms with Crippen LogP contribution >= 0.6 is 0 Å². The van der Waals surface area contributed by atoms with Crippen molar-refractivity contribution in [2.24, 2.45) is 13.0 Å². The standard InChI is InChI=1S/C18H23NO/c1-3-17-13-8-9-14-12-6-4-5-7-16(12)19(2)18(14)15(13)10-11-20-17/h4-7,13,15,17H,3,8-11H2,1-2H3/t13-,15-,17-/m0/s1. The molecule has 2 aliphatic rings. The fourth-order valence-electron chi connectivity index (χ4n) is 4.63. The SMILES string of the molecule is CC[C@@H]1OCC[C@@H]2c3c(c4ccccc4n3C)CC[C@H]12. The molecule has 2 nitrogen and oxygen atoms in total. The zero-order valence-corrected chi connectivity index (χ0v) is 12.4. The summed E-state index contributed by atoms with van der Waals surface area (Å²) in [6.07, 6.45) is 5.33. The van der Waals surface area contributed by atoms with E-state index in [1.54, 1.807) is 11.3 Å². The summed E-state index contributed by atoms with van der Waals surface area (Å²) in [7, 11) is 2.25. The maximum atomic E-state index is 6.02. The van der Waals surface area contributed by atoms with Gasteiger partial charge in [-0.25, -0.2) is 0 Å². The number of fused-ring (bicyclic) bond motifs is 5. The van der Waals surface area contributed by atoms with E-state index in [0.29, 0.717) is 12.0 Å². The normalized spacial score (nSPS) is 29.2. The Morgan fingerprint density at radius 3 is 2.95 bits per heavy atom. The van der Waals surface area contributed by atoms with Crippen LogP contribution in [0.1, 0.15) is 43.4 Å². The number of hydrogen-bond donors (Lipinski definition) is 0. The Morgan fingerprint density at radius 1 is 1.25 bits per heavy atom. The third-order valence-electron chi connectivity index (χ3n) is 5.50. The van der Waals surface area contributed by atoms with Crippen LogP contribution in [0.3, 0.4) is 0 Å². The molecule has 1 aromatic heterocycles. The molecule has 2 aromatic rings. The van der Waals surface area contributed by atoms with Crippen molar-refractivity contribution in [1.82, 2.24) is 4.57 Å². The van der Waals surface area contributed by atoms with Gasteiger partial charge in [-0.2, -0.15) is 0 Å². The van der Waals surface area contributed by atoms with Crippen LogP contribution in [-0.4, -0.2) is 17.3 Å². The summed E-state index contributed by atoms with van der Waals surface area (Å²) >= 11 is 0. The minimum Gasteiger partial charge on any atom is -0.378 e. The maximum absolute atomic E-state index is 6.02. The predicted octanol–water partition coefficient (Wildman–Crippen LogP) is 4.02. The van der Waals surface area contributed by atoms with Crippen LogP contribution < -0.4 is 0 Å². The van der Waals surface area contributed by atoms with Crippen LogP contribution in [0.25, 0.3) is 10.9 Å². The van der Waals surface area contributed by atoms with Gasteiger partial charge in [0.25, 0.3) is 0 Å². The molecule has 1 aliphatic heterocycles. The quantitative estimate of drug-likeness (QED) is 0.762. The Labute approximate surface area is 120 Å². The highest BCUT2D eigenvalue weighted by Crippen LogP contribution is 2.47. The molecule has 20 heavy (non-hydrogen) atoms. The molecule has 1 saturated heterocycles. The van der Waals surface area contributed by atoms with E-state index >= 15 is 0 Å². The van der Waals surface area contributed by atoms with Crippen molar-refractivity contribution >= 4 is 10.9 Å². The zero-order chi connectivity index (χ0) is 13.7. The summed E-state index contributed by atoms with van der Waals surface area (Å²) in [5.41, 5.74) is 4.61. The number of rotatable bonds is 1. The van der Waals surface area contributed by atoms with Crippen molar-refractivity contribution in [3.63, 3.8) is 0 Å². The van der Waals surface area contributed by atoms with Crippen molar-refractivity contribution in [2.75, 3.05) is 6.61 Å². The Hall–Kier alpha value is -1.28. The first kappa shape index (κ1) is 12.5. The Bertz CT molecular complexity index is 642. The van der Waals surface area contributed by atoms with Crippen molar-refractivity contribution in [2.45, 2.75) is 44.6 Å². The number of para-hydroxylation sites is 1. The average Bonchev–Trinajstić information content (AvgIpc) is 2.80. The van der Waals surface area contributed by atoms with Gasteiger partial charge in [0.05, 0.1) is 6.10 Å². The minimum atomic E-state index is 0.472. The van der Waals surface area contributed by atoms with Gasteiger partial charge in [0.1, 0.15) is 0 Å². The molecule has 106 valence electrons. The van der Waals surface area contributed by atoms with Gasteiger partial charge in [-0.1, -0.05) is 25.1 Å². The van der Waals surface area contributed by atoms with Crippen molar-refractivity contribution in [3.8, 4) is 0 Å². The van der Waals surface area contributed by atoms with Gasteiger partial charge < -0.3 is 9.30 Å². The van der Waals surface area contributed by atoms with E-state index in [0.717, 1.165) is 18.9 Å². The highest BCUT2D eigenvalue weighted by Gasteiger charge is 2.40. The molecule has 1 aliphatic carbocycles. The molecule has 0 radical (unpaired) electrons. The van der Waals surface area contributed by atoms with E-state index in [-0.39, 0.29) is 0 Å². The lowest BCUT2D eigenvalue weighted by molar-refractivity contribution is -0.0462. The van der Waals surface area contributed by atoms with E-state index in [4.69, 9.17) is 4.74 Å². The number of nitrogens with zero attached hydrogens (tertiary/aromatic N) is 1. The average molecular weight is 269 g/mol. The number of ether oxygens (including phenoxy) is 1. The molecule has 1 aromatic carbocycles. The van der Waals surface area contributed by atoms with E-state index in [9.17, 15) is 0 Å². The van der Waals surface area contributed by atoms with Gasteiger partial charge in [0, 0.05) is 36.2 Å². The Balaban J connectivity index is 1.88. The largest absolute Gasteiger partial charge is 0.378 e. The van der Waals surface area contributed by atoms with Gasteiger partial charge >= 0.3 is 0 Å². The second kappa shape index (κ2) is 4.63. The Kier molecular flexibility index (Phi) is 2.88. The molecule has 0 amide bonds. The van der Waals surface area contributed by atoms with Gasteiger partial charge in [0.2, 0.25) is 0 Å². The lowest BCUT2D eigenvalue weighted by atomic mass is 9.72. The molecule has 0 saturated carbocycles. The molecule has 4 rings (SSSR count). The van der Waals surface area contributed by atoms with Crippen molar-refractivity contribution in [3.05, 3.63) is 35.5 Å². The second-order valence-electron chi connectivity index (χ2n) is 6.36. The lowest BCUT2D eigenvalue weighted by Crippen LogP contribution is -2.38. The van der Waals surface area contributed by atoms with Crippen LogP contribution in [0.5, 0.6) is 0 Å². The first-order chi connectivity index (χ1) is 9.81. The van der Waals surface area contributed by atoms with Crippen molar-refractivity contribution < 1.29 is 4.74 Å². The third kappa shape index (κ3) is 1.61. The summed E-state index contributed by atoms with van der Waals surface area (Å²) in [6, 6.07) is 8.89. The molecule has 0 unspecified atom stereocenters. The van der Waals surface area contributed by atoms with Crippen LogP contribution in [0, 0.1) is 5.92 Å². The molecule has 0 spiro atoms. The summed E-state index contributed by atoms with van der Waals surface area (Å²) in [5, 5.41) is 1.47. The lowest BCUT2D eigenvalue weighted by Gasteiger charge is -2.41. The third-order valence-corrected chi connectivity index (χ3v) is 5.50. The van der Waals surface area contributed by atoms with Crippen LogP contribution in [0.2, 0.25) is 0 Å². The van der Waals surface area contributed by atoms with E-state index in [1.807, 2.05) is 0 Å². The Morgan fingerprint density at radius 2 is 2.10 bits per heavy atom. The summed E-state index contributed by atoms with van der Waals surface area (Å²) in [6.45, 7) is 3.20. The summed E-state index contributed by atoms with van der Waals surface area (Å²) in [5.74, 6) is 1.43.